The van der Waals surface area contributed by atoms with Crippen molar-refractivity contribution >= 4 is 11.8 Å². The minimum absolute atomic E-state index is 0.150. The molecule has 0 spiro atoms. The fraction of sp³-hybridized carbons (Fsp3) is 0.333. The predicted octanol–water partition coefficient (Wildman–Crippen LogP) is 3.87. The third kappa shape index (κ3) is 2.82. The van der Waals surface area contributed by atoms with Crippen LogP contribution in [0, 0.1) is 6.92 Å². The lowest BCUT2D eigenvalue weighted by atomic mass is 9.97. The van der Waals surface area contributed by atoms with E-state index in [0.29, 0.717) is 0 Å². The van der Waals surface area contributed by atoms with Crippen molar-refractivity contribution in [2.24, 2.45) is 0 Å². The first-order valence-electron chi connectivity index (χ1n) is 7.61. The second-order valence-electron chi connectivity index (χ2n) is 5.69. The SMILES string of the molecule is Cc1ncccc1COC(=O)N1c2ccccc2CCC1C. The van der Waals surface area contributed by atoms with Crippen LogP contribution in [0.25, 0.3) is 0 Å². The number of para-hydroxylation sites is 1. The number of pyridine rings is 1. The van der Waals surface area contributed by atoms with Gasteiger partial charge in [0, 0.05) is 23.5 Å². The molecule has 0 saturated carbocycles. The predicted molar refractivity (Wildman–Crippen MR) is 85.9 cm³/mol. The van der Waals surface area contributed by atoms with Crippen molar-refractivity contribution in [3.05, 3.63) is 59.4 Å². The van der Waals surface area contributed by atoms with Crippen molar-refractivity contribution in [2.75, 3.05) is 4.90 Å². The maximum atomic E-state index is 12.5. The Labute approximate surface area is 130 Å². The zero-order valence-corrected chi connectivity index (χ0v) is 13.0. The van der Waals surface area contributed by atoms with Crippen LogP contribution >= 0.6 is 0 Å². The van der Waals surface area contributed by atoms with Crippen LogP contribution in [0.4, 0.5) is 10.5 Å². The summed E-state index contributed by atoms with van der Waals surface area (Å²) in [5.41, 5.74) is 4.00. The smallest absolute Gasteiger partial charge is 0.414 e. The number of aromatic nitrogens is 1. The van der Waals surface area contributed by atoms with E-state index in [4.69, 9.17) is 4.74 Å². The Morgan fingerprint density at radius 3 is 2.95 bits per heavy atom. The van der Waals surface area contributed by atoms with Crippen LogP contribution in [0.5, 0.6) is 0 Å². The van der Waals surface area contributed by atoms with Gasteiger partial charge in [-0.3, -0.25) is 9.88 Å². The lowest BCUT2D eigenvalue weighted by molar-refractivity contribution is 0.144. The summed E-state index contributed by atoms with van der Waals surface area (Å²) in [6.07, 6.45) is 3.41. The topological polar surface area (TPSA) is 42.4 Å². The molecule has 0 saturated heterocycles. The highest BCUT2D eigenvalue weighted by Gasteiger charge is 2.29. The highest BCUT2D eigenvalue weighted by molar-refractivity contribution is 5.89. The minimum atomic E-state index is -0.289. The number of hydrogen-bond donors (Lipinski definition) is 0. The van der Waals surface area contributed by atoms with Crippen molar-refractivity contribution in [3.63, 3.8) is 0 Å². The van der Waals surface area contributed by atoms with Crippen LogP contribution in [0.15, 0.2) is 42.6 Å². The summed E-state index contributed by atoms with van der Waals surface area (Å²) < 4.78 is 5.52. The second-order valence-corrected chi connectivity index (χ2v) is 5.69. The zero-order valence-electron chi connectivity index (χ0n) is 13.0. The van der Waals surface area contributed by atoms with Gasteiger partial charge in [0.25, 0.3) is 0 Å². The lowest BCUT2D eigenvalue weighted by Gasteiger charge is -2.34. The Balaban J connectivity index is 1.76. The van der Waals surface area contributed by atoms with Gasteiger partial charge in [-0.2, -0.15) is 0 Å². The van der Waals surface area contributed by atoms with Gasteiger partial charge in [0.05, 0.1) is 5.69 Å². The van der Waals surface area contributed by atoms with Crippen molar-refractivity contribution in [2.45, 2.75) is 39.3 Å². The fourth-order valence-electron chi connectivity index (χ4n) is 2.85. The highest BCUT2D eigenvalue weighted by atomic mass is 16.6. The van der Waals surface area contributed by atoms with Crippen LogP contribution < -0.4 is 4.90 Å². The summed E-state index contributed by atoms with van der Waals surface area (Å²) in [5.74, 6) is 0. The number of carbonyl (C=O) groups excluding carboxylic acids is 1. The summed E-state index contributed by atoms with van der Waals surface area (Å²) >= 11 is 0. The summed E-state index contributed by atoms with van der Waals surface area (Å²) in [5, 5.41) is 0. The van der Waals surface area contributed by atoms with E-state index in [1.165, 1.54) is 5.56 Å². The number of aryl methyl sites for hydroxylation is 2. The van der Waals surface area contributed by atoms with E-state index in [2.05, 4.69) is 18.0 Å². The first-order valence-corrected chi connectivity index (χ1v) is 7.61. The van der Waals surface area contributed by atoms with Crippen LogP contribution in [0.2, 0.25) is 0 Å². The van der Waals surface area contributed by atoms with Crippen LogP contribution in [0.1, 0.15) is 30.2 Å². The number of carbonyl (C=O) groups is 1. The van der Waals surface area contributed by atoms with E-state index in [1.54, 1.807) is 11.1 Å². The highest BCUT2D eigenvalue weighted by Crippen LogP contribution is 2.31. The van der Waals surface area contributed by atoms with E-state index in [-0.39, 0.29) is 18.7 Å². The van der Waals surface area contributed by atoms with E-state index < -0.39 is 0 Å². The molecule has 0 fully saturated rings. The number of amides is 1. The number of benzene rings is 1. The van der Waals surface area contributed by atoms with E-state index >= 15 is 0 Å². The molecule has 2 heterocycles. The van der Waals surface area contributed by atoms with Gasteiger partial charge in [0.1, 0.15) is 6.61 Å². The second kappa shape index (κ2) is 6.18. The van der Waals surface area contributed by atoms with Gasteiger partial charge in [-0.1, -0.05) is 24.3 Å². The monoisotopic (exact) mass is 296 g/mol. The first kappa shape index (κ1) is 14.6. The zero-order chi connectivity index (χ0) is 15.5. The van der Waals surface area contributed by atoms with E-state index in [0.717, 1.165) is 29.8 Å². The maximum Gasteiger partial charge on any atom is 0.414 e. The molecular weight excluding hydrogens is 276 g/mol. The van der Waals surface area contributed by atoms with Gasteiger partial charge >= 0.3 is 6.09 Å². The molecule has 114 valence electrons. The summed E-state index contributed by atoms with van der Waals surface area (Å²) in [6.45, 7) is 4.23. The van der Waals surface area contributed by atoms with Crippen molar-refractivity contribution in [3.8, 4) is 0 Å². The molecule has 22 heavy (non-hydrogen) atoms. The van der Waals surface area contributed by atoms with Gasteiger partial charge in [0.15, 0.2) is 0 Å². The molecule has 1 aromatic heterocycles. The van der Waals surface area contributed by atoms with Crippen LogP contribution in [-0.4, -0.2) is 17.1 Å². The number of nitrogens with zero attached hydrogens (tertiary/aromatic N) is 2. The first-order chi connectivity index (χ1) is 10.7. The largest absolute Gasteiger partial charge is 0.444 e. The van der Waals surface area contributed by atoms with Gasteiger partial charge in [-0.25, -0.2) is 4.79 Å². The molecule has 0 N–H and O–H groups in total. The molecule has 4 heteroatoms. The Hall–Kier alpha value is -2.36. The molecule has 2 aromatic rings. The number of anilines is 1. The fourth-order valence-corrected chi connectivity index (χ4v) is 2.85. The number of rotatable bonds is 2. The van der Waals surface area contributed by atoms with Crippen LogP contribution in [0.3, 0.4) is 0 Å². The maximum absolute atomic E-state index is 12.5. The van der Waals surface area contributed by atoms with Gasteiger partial charge in [0.2, 0.25) is 0 Å². The summed E-state index contributed by atoms with van der Waals surface area (Å²) in [7, 11) is 0. The third-order valence-corrected chi connectivity index (χ3v) is 4.19. The van der Waals surface area contributed by atoms with Crippen molar-refractivity contribution < 1.29 is 9.53 Å². The molecule has 1 atom stereocenters. The number of fused-ring (bicyclic) bond motifs is 1. The molecule has 4 nitrogen and oxygen atoms in total. The van der Waals surface area contributed by atoms with Crippen LogP contribution in [-0.2, 0) is 17.8 Å². The Bertz CT molecular complexity index is 684. The molecule has 0 bridgehead atoms. The standard InChI is InChI=1S/C18H20N2O2/c1-13-9-10-15-6-3-4-8-17(15)20(13)18(21)22-12-16-7-5-11-19-14(16)2/h3-8,11,13H,9-10,12H2,1-2H3. The average Bonchev–Trinajstić information content (AvgIpc) is 2.53. The van der Waals surface area contributed by atoms with E-state index in [9.17, 15) is 4.79 Å². The lowest BCUT2D eigenvalue weighted by Crippen LogP contribution is -2.42. The molecule has 1 aliphatic heterocycles. The normalized spacial score (nSPS) is 17.0. The van der Waals surface area contributed by atoms with Gasteiger partial charge < -0.3 is 4.74 Å². The molecule has 1 aliphatic rings. The Kier molecular flexibility index (Phi) is 4.09. The molecule has 3 rings (SSSR count). The van der Waals surface area contributed by atoms with E-state index in [1.807, 2.05) is 37.3 Å². The Morgan fingerprint density at radius 1 is 1.32 bits per heavy atom. The molecule has 0 radical (unpaired) electrons. The van der Waals surface area contributed by atoms with Crippen molar-refractivity contribution in [1.82, 2.24) is 4.98 Å². The molecule has 1 aromatic carbocycles. The van der Waals surface area contributed by atoms with Gasteiger partial charge in [-0.15, -0.1) is 0 Å². The van der Waals surface area contributed by atoms with Gasteiger partial charge in [-0.05, 0) is 44.4 Å². The molecule has 1 unspecified atom stereocenters. The number of ether oxygens (including phenoxy) is 1. The third-order valence-electron chi connectivity index (χ3n) is 4.19. The summed E-state index contributed by atoms with van der Waals surface area (Å²) in [6, 6.07) is 12.0. The Morgan fingerprint density at radius 2 is 2.14 bits per heavy atom. The quantitative estimate of drug-likeness (QED) is 0.845. The molecule has 1 amide bonds. The summed E-state index contributed by atoms with van der Waals surface area (Å²) in [4.78, 5) is 18.5. The molecular formula is C18H20N2O2. The van der Waals surface area contributed by atoms with Crippen molar-refractivity contribution in [1.29, 1.82) is 0 Å². The molecule has 0 aliphatic carbocycles. The number of hydrogen-bond acceptors (Lipinski definition) is 3. The average molecular weight is 296 g/mol. The minimum Gasteiger partial charge on any atom is -0.444 e.